The second-order valence-corrected chi connectivity index (χ2v) is 5.15. The van der Waals surface area contributed by atoms with E-state index in [0.717, 1.165) is 5.56 Å². The van der Waals surface area contributed by atoms with Gasteiger partial charge in [0.25, 0.3) is 0 Å². The molecule has 2 aromatic carbocycles. The summed E-state index contributed by atoms with van der Waals surface area (Å²) in [7, 11) is 0. The average molecular weight is 274 g/mol. The van der Waals surface area contributed by atoms with Gasteiger partial charge in [-0.05, 0) is 47.7 Å². The second kappa shape index (κ2) is 4.71. The van der Waals surface area contributed by atoms with E-state index in [1.165, 1.54) is 28.6 Å². The van der Waals surface area contributed by atoms with Crippen molar-refractivity contribution in [2.24, 2.45) is 0 Å². The van der Waals surface area contributed by atoms with E-state index in [0.29, 0.717) is 11.6 Å². The normalized spacial score (nSPS) is 11.1. The van der Waals surface area contributed by atoms with Gasteiger partial charge in [0.05, 0.1) is 0 Å². The molecule has 0 radical (unpaired) electrons. The van der Waals surface area contributed by atoms with Crippen molar-refractivity contribution in [3.8, 4) is 0 Å². The van der Waals surface area contributed by atoms with Crippen LogP contribution in [0.4, 0.5) is 4.39 Å². The lowest BCUT2D eigenvalue weighted by molar-refractivity contribution is 0.626. The highest BCUT2D eigenvalue weighted by Crippen LogP contribution is 2.22. The number of aryl methyl sites for hydroxylation is 1. The molecule has 0 bridgehead atoms. The molecule has 1 nitrogen and oxygen atoms in total. The first-order valence-electron chi connectivity index (χ1n) is 6.13. The van der Waals surface area contributed by atoms with Crippen LogP contribution in [0.1, 0.15) is 11.1 Å². The van der Waals surface area contributed by atoms with Gasteiger partial charge in [-0.25, -0.2) is 4.39 Å². The summed E-state index contributed by atoms with van der Waals surface area (Å²) in [5.74, 6) is -0.304. The molecule has 0 aliphatic carbocycles. The quantitative estimate of drug-likeness (QED) is 0.633. The first-order chi connectivity index (χ1) is 9.13. The van der Waals surface area contributed by atoms with E-state index in [1.807, 2.05) is 6.20 Å². The third kappa shape index (κ3) is 2.36. The van der Waals surface area contributed by atoms with E-state index in [-0.39, 0.29) is 5.82 Å². The van der Waals surface area contributed by atoms with Gasteiger partial charge >= 0.3 is 0 Å². The number of benzene rings is 2. The Balaban J connectivity index is 2.03. The maximum absolute atomic E-state index is 13.0. The summed E-state index contributed by atoms with van der Waals surface area (Å²) in [4.78, 5) is 0. The Hall–Kier alpha value is -1.80. The maximum atomic E-state index is 13.0. The molecule has 0 N–H and O–H groups in total. The van der Waals surface area contributed by atoms with Crippen LogP contribution in [0.3, 0.4) is 0 Å². The van der Waals surface area contributed by atoms with E-state index in [2.05, 4.69) is 35.8 Å². The monoisotopic (exact) mass is 273 g/mol. The van der Waals surface area contributed by atoms with E-state index in [9.17, 15) is 4.39 Å². The van der Waals surface area contributed by atoms with Gasteiger partial charge in [0.2, 0.25) is 0 Å². The Kier molecular flexibility index (Phi) is 3.03. The highest BCUT2D eigenvalue weighted by molar-refractivity contribution is 6.31. The minimum Gasteiger partial charge on any atom is -0.343 e. The van der Waals surface area contributed by atoms with Gasteiger partial charge in [-0.15, -0.1) is 0 Å². The predicted octanol–water partition coefficient (Wildman–Crippen LogP) is 4.79. The topological polar surface area (TPSA) is 4.93 Å². The van der Waals surface area contributed by atoms with Crippen molar-refractivity contribution in [2.45, 2.75) is 13.5 Å². The van der Waals surface area contributed by atoms with Crippen LogP contribution in [-0.2, 0) is 6.54 Å². The summed E-state index contributed by atoms with van der Waals surface area (Å²) < 4.78 is 15.2. The molecule has 96 valence electrons. The Bertz CT molecular complexity index is 746. The Morgan fingerprint density at radius 1 is 1.11 bits per heavy atom. The summed E-state index contributed by atoms with van der Waals surface area (Å²) in [5, 5.41) is 1.67. The minimum absolute atomic E-state index is 0.304. The van der Waals surface area contributed by atoms with Gasteiger partial charge in [0, 0.05) is 23.3 Å². The summed E-state index contributed by atoms with van der Waals surface area (Å²) in [6.07, 6.45) is 2.03. The lowest BCUT2D eigenvalue weighted by Gasteiger charge is -2.08. The van der Waals surface area contributed by atoms with Crippen LogP contribution in [0, 0.1) is 12.7 Å². The summed E-state index contributed by atoms with van der Waals surface area (Å²) in [6, 6.07) is 13.0. The fraction of sp³-hybridized carbons (Fsp3) is 0.125. The molecule has 0 aliphatic rings. The van der Waals surface area contributed by atoms with Crippen LogP contribution < -0.4 is 0 Å². The second-order valence-electron chi connectivity index (χ2n) is 4.74. The lowest BCUT2D eigenvalue weighted by Crippen LogP contribution is -1.99. The zero-order valence-electron chi connectivity index (χ0n) is 10.5. The molecule has 0 unspecified atom stereocenters. The summed E-state index contributed by atoms with van der Waals surface area (Å²) >= 11 is 6.08. The largest absolute Gasteiger partial charge is 0.343 e. The van der Waals surface area contributed by atoms with Crippen molar-refractivity contribution in [3.63, 3.8) is 0 Å². The highest BCUT2D eigenvalue weighted by Gasteiger charge is 2.06. The number of rotatable bonds is 2. The van der Waals surface area contributed by atoms with E-state index in [1.54, 1.807) is 6.07 Å². The van der Waals surface area contributed by atoms with Crippen molar-refractivity contribution in [1.82, 2.24) is 4.57 Å². The smallest absolute Gasteiger partial charge is 0.124 e. The minimum atomic E-state index is -0.304. The molecule has 19 heavy (non-hydrogen) atoms. The van der Waals surface area contributed by atoms with E-state index in [4.69, 9.17) is 11.6 Å². The van der Waals surface area contributed by atoms with Crippen LogP contribution in [0.5, 0.6) is 0 Å². The third-order valence-corrected chi connectivity index (χ3v) is 3.64. The van der Waals surface area contributed by atoms with Crippen LogP contribution in [0.15, 0.2) is 48.7 Å². The standard InChI is InChI=1S/C16H13ClFN/c1-11-2-3-12-6-7-19(16(12)8-11)10-13-4-5-14(18)9-15(13)17/h2-9H,10H2,1H3. The van der Waals surface area contributed by atoms with Crippen molar-refractivity contribution in [3.05, 3.63) is 70.6 Å². The number of hydrogen-bond acceptors (Lipinski definition) is 0. The SMILES string of the molecule is Cc1ccc2ccn(Cc3ccc(F)cc3Cl)c2c1. The Labute approximate surface area is 116 Å². The Morgan fingerprint density at radius 3 is 2.74 bits per heavy atom. The van der Waals surface area contributed by atoms with Crippen LogP contribution in [0.2, 0.25) is 5.02 Å². The van der Waals surface area contributed by atoms with Crippen molar-refractivity contribution in [1.29, 1.82) is 0 Å². The number of halogens is 2. The number of aromatic nitrogens is 1. The van der Waals surface area contributed by atoms with E-state index >= 15 is 0 Å². The first kappa shape index (κ1) is 12.2. The molecule has 3 aromatic rings. The summed E-state index contributed by atoms with van der Waals surface area (Å²) in [5.41, 5.74) is 3.31. The molecule has 0 spiro atoms. The molecular weight excluding hydrogens is 261 g/mol. The molecular formula is C16H13ClFN. The maximum Gasteiger partial charge on any atom is 0.124 e. The van der Waals surface area contributed by atoms with Crippen molar-refractivity contribution in [2.75, 3.05) is 0 Å². The molecule has 0 amide bonds. The Morgan fingerprint density at radius 2 is 1.95 bits per heavy atom. The van der Waals surface area contributed by atoms with Gasteiger partial charge in [-0.2, -0.15) is 0 Å². The van der Waals surface area contributed by atoms with E-state index < -0.39 is 0 Å². The highest BCUT2D eigenvalue weighted by atomic mass is 35.5. The van der Waals surface area contributed by atoms with Gasteiger partial charge < -0.3 is 4.57 Å². The van der Waals surface area contributed by atoms with Crippen LogP contribution >= 0.6 is 11.6 Å². The van der Waals surface area contributed by atoms with Crippen molar-refractivity contribution < 1.29 is 4.39 Å². The van der Waals surface area contributed by atoms with Gasteiger partial charge in [0.1, 0.15) is 5.82 Å². The molecule has 0 fully saturated rings. The molecule has 0 saturated carbocycles. The molecule has 0 aliphatic heterocycles. The molecule has 0 atom stereocenters. The van der Waals surface area contributed by atoms with Gasteiger partial charge in [0.15, 0.2) is 0 Å². The van der Waals surface area contributed by atoms with Crippen LogP contribution in [0.25, 0.3) is 10.9 Å². The molecule has 3 rings (SSSR count). The van der Waals surface area contributed by atoms with Gasteiger partial charge in [-0.3, -0.25) is 0 Å². The molecule has 3 heteroatoms. The summed E-state index contributed by atoms with van der Waals surface area (Å²) in [6.45, 7) is 2.72. The number of hydrogen-bond donors (Lipinski definition) is 0. The predicted molar refractivity (Wildman–Crippen MR) is 77.2 cm³/mol. The average Bonchev–Trinajstić information content (AvgIpc) is 2.75. The lowest BCUT2D eigenvalue weighted by atomic mass is 10.2. The molecule has 0 saturated heterocycles. The fourth-order valence-electron chi connectivity index (χ4n) is 2.27. The fourth-order valence-corrected chi connectivity index (χ4v) is 2.49. The zero-order valence-corrected chi connectivity index (χ0v) is 11.3. The molecule has 1 heterocycles. The van der Waals surface area contributed by atoms with Crippen LogP contribution in [-0.4, -0.2) is 4.57 Å². The zero-order chi connectivity index (χ0) is 13.4. The van der Waals surface area contributed by atoms with Crippen molar-refractivity contribution >= 4 is 22.5 Å². The third-order valence-electron chi connectivity index (χ3n) is 3.29. The number of nitrogens with zero attached hydrogens (tertiary/aromatic N) is 1. The molecule has 1 aromatic heterocycles. The van der Waals surface area contributed by atoms with Gasteiger partial charge in [-0.1, -0.05) is 29.8 Å². The number of fused-ring (bicyclic) bond motifs is 1. The first-order valence-corrected chi connectivity index (χ1v) is 6.51.